The van der Waals surface area contributed by atoms with E-state index >= 15 is 0 Å². The number of piperidine rings is 1. The summed E-state index contributed by atoms with van der Waals surface area (Å²) in [5.41, 5.74) is 0. The van der Waals surface area contributed by atoms with Crippen LogP contribution in [0.2, 0.25) is 0 Å². The van der Waals surface area contributed by atoms with Crippen LogP contribution >= 0.6 is 0 Å². The van der Waals surface area contributed by atoms with E-state index in [-0.39, 0.29) is 11.9 Å². The Morgan fingerprint density at radius 1 is 1.30 bits per heavy atom. The smallest absolute Gasteiger partial charge is 0.323 e. The number of carbonyl (C=O) groups excluding carboxylic acids is 2. The molecule has 1 fully saturated rings. The second kappa shape index (κ2) is 6.73. The molecule has 1 atom stereocenters. The van der Waals surface area contributed by atoms with Gasteiger partial charge in [-0.2, -0.15) is 0 Å². The first-order chi connectivity index (χ1) is 9.29. The van der Waals surface area contributed by atoms with E-state index in [0.29, 0.717) is 24.3 Å². The minimum Gasteiger partial charge on any atom is -0.480 e. The van der Waals surface area contributed by atoms with Crippen LogP contribution in [0.15, 0.2) is 0 Å². The van der Waals surface area contributed by atoms with Gasteiger partial charge in [0.2, 0.25) is 5.91 Å². The van der Waals surface area contributed by atoms with Crippen molar-refractivity contribution in [2.75, 3.05) is 26.7 Å². The summed E-state index contributed by atoms with van der Waals surface area (Å²) in [6, 6.07) is -1.07. The van der Waals surface area contributed by atoms with E-state index in [4.69, 9.17) is 10.2 Å². The Balaban J connectivity index is 2.59. The molecule has 0 aromatic carbocycles. The molecule has 3 amide bonds. The van der Waals surface area contributed by atoms with Crippen molar-refractivity contribution in [3.05, 3.63) is 0 Å². The topological polar surface area (TPSA) is 127 Å². The van der Waals surface area contributed by atoms with Gasteiger partial charge in [-0.25, -0.2) is 4.79 Å². The number of likely N-dealkylation sites (tertiary alicyclic amines) is 1. The maximum atomic E-state index is 11.9. The van der Waals surface area contributed by atoms with E-state index in [1.165, 1.54) is 4.90 Å². The summed E-state index contributed by atoms with van der Waals surface area (Å²) in [5.74, 6) is -2.61. The highest BCUT2D eigenvalue weighted by molar-refractivity contribution is 5.84. The second-order valence-electron chi connectivity index (χ2n) is 4.60. The maximum absolute atomic E-state index is 11.9. The van der Waals surface area contributed by atoms with Crippen LogP contribution in [0.5, 0.6) is 0 Å². The molecular weight excluding hydrogens is 270 g/mol. The van der Waals surface area contributed by atoms with Crippen LogP contribution in [0, 0.1) is 0 Å². The number of hydrogen-bond acceptors (Lipinski definition) is 4. The average molecular weight is 287 g/mol. The number of urea groups is 1. The molecule has 9 heteroatoms. The molecule has 9 nitrogen and oxygen atoms in total. The quantitative estimate of drug-likeness (QED) is 0.582. The summed E-state index contributed by atoms with van der Waals surface area (Å²) in [5, 5.41) is 19.9. The highest BCUT2D eigenvalue weighted by atomic mass is 16.4. The van der Waals surface area contributed by atoms with Crippen LogP contribution in [0.4, 0.5) is 4.79 Å². The molecule has 3 N–H and O–H groups in total. The lowest BCUT2D eigenvalue weighted by Gasteiger charge is -2.31. The highest BCUT2D eigenvalue weighted by Gasteiger charge is 2.27. The van der Waals surface area contributed by atoms with Gasteiger partial charge in [-0.05, 0) is 6.42 Å². The Hall–Kier alpha value is -2.32. The summed E-state index contributed by atoms with van der Waals surface area (Å²) in [7, 11) is 1.60. The molecule has 0 saturated carbocycles. The van der Waals surface area contributed by atoms with Gasteiger partial charge in [0, 0.05) is 26.1 Å². The molecule has 0 aromatic rings. The molecule has 1 unspecified atom stereocenters. The number of hydrogen-bond donors (Lipinski definition) is 3. The van der Waals surface area contributed by atoms with Gasteiger partial charge in [0.25, 0.3) is 0 Å². The molecule has 0 aliphatic carbocycles. The van der Waals surface area contributed by atoms with Gasteiger partial charge in [-0.3, -0.25) is 14.4 Å². The van der Waals surface area contributed by atoms with Gasteiger partial charge in [-0.1, -0.05) is 0 Å². The van der Waals surface area contributed by atoms with Crippen LogP contribution < -0.4 is 5.32 Å². The van der Waals surface area contributed by atoms with Crippen molar-refractivity contribution in [1.29, 1.82) is 0 Å². The molecule has 1 aliphatic heterocycles. The number of rotatable bonds is 5. The van der Waals surface area contributed by atoms with Crippen molar-refractivity contribution < 1.29 is 29.4 Å². The molecular formula is C11H17N3O6. The fourth-order valence-electron chi connectivity index (χ4n) is 1.92. The fraction of sp³-hybridized carbons (Fsp3) is 0.636. The Bertz CT molecular complexity index is 408. The molecule has 1 rings (SSSR count). The Morgan fingerprint density at radius 2 is 1.85 bits per heavy atom. The summed E-state index contributed by atoms with van der Waals surface area (Å²) in [6.45, 7) is -1.07. The van der Waals surface area contributed by atoms with Gasteiger partial charge >= 0.3 is 18.0 Å². The number of carboxylic acid groups (broad SMARTS) is 2. The third-order valence-electron chi connectivity index (χ3n) is 2.89. The van der Waals surface area contributed by atoms with Crippen LogP contribution in [-0.2, 0) is 14.4 Å². The number of carboxylic acids is 2. The van der Waals surface area contributed by atoms with E-state index in [1.54, 1.807) is 7.05 Å². The minimum atomic E-state index is -1.29. The number of carbonyl (C=O) groups is 4. The predicted molar refractivity (Wildman–Crippen MR) is 66.0 cm³/mol. The van der Waals surface area contributed by atoms with Gasteiger partial charge in [-0.15, -0.1) is 0 Å². The standard InChI is InChI=1S/C11H17N3O6/c1-13-4-7(2-3-8(13)15)12-11(20)14(5-9(16)17)6-10(18)19/h7H,2-6H2,1H3,(H,12,20)(H,16,17)(H,18,19). The number of aliphatic carboxylic acids is 2. The summed E-state index contributed by atoms with van der Waals surface area (Å²) in [4.78, 5) is 46.5. The van der Waals surface area contributed by atoms with E-state index < -0.39 is 31.1 Å². The Labute approximate surface area is 115 Å². The lowest BCUT2D eigenvalue weighted by atomic mass is 10.1. The van der Waals surface area contributed by atoms with E-state index in [2.05, 4.69) is 5.32 Å². The lowest BCUT2D eigenvalue weighted by molar-refractivity contribution is -0.140. The number of amides is 3. The maximum Gasteiger partial charge on any atom is 0.323 e. The third-order valence-corrected chi connectivity index (χ3v) is 2.89. The molecule has 0 aromatic heterocycles. The number of nitrogens with one attached hydrogen (secondary N) is 1. The molecule has 0 radical (unpaired) electrons. The summed E-state index contributed by atoms with van der Waals surface area (Å²) >= 11 is 0. The molecule has 1 saturated heterocycles. The SMILES string of the molecule is CN1CC(NC(=O)N(CC(=O)O)CC(=O)O)CCC1=O. The summed E-state index contributed by atoms with van der Waals surface area (Å²) < 4.78 is 0. The van der Waals surface area contributed by atoms with Gasteiger partial charge in [0.1, 0.15) is 13.1 Å². The lowest BCUT2D eigenvalue weighted by Crippen LogP contribution is -2.53. The van der Waals surface area contributed by atoms with Gasteiger partial charge in [0.05, 0.1) is 0 Å². The van der Waals surface area contributed by atoms with Crippen molar-refractivity contribution in [2.45, 2.75) is 18.9 Å². The monoisotopic (exact) mass is 287 g/mol. The minimum absolute atomic E-state index is 0.0246. The van der Waals surface area contributed by atoms with Crippen LogP contribution in [0.1, 0.15) is 12.8 Å². The highest BCUT2D eigenvalue weighted by Crippen LogP contribution is 2.10. The van der Waals surface area contributed by atoms with Crippen molar-refractivity contribution >= 4 is 23.9 Å². The molecule has 112 valence electrons. The molecule has 20 heavy (non-hydrogen) atoms. The predicted octanol–water partition coefficient (Wildman–Crippen LogP) is -1.21. The van der Waals surface area contributed by atoms with Crippen molar-refractivity contribution in [3.63, 3.8) is 0 Å². The van der Waals surface area contributed by atoms with Gasteiger partial charge < -0.3 is 25.3 Å². The van der Waals surface area contributed by atoms with Gasteiger partial charge in [0.15, 0.2) is 0 Å². The van der Waals surface area contributed by atoms with E-state index in [0.717, 1.165) is 0 Å². The van der Waals surface area contributed by atoms with E-state index in [9.17, 15) is 19.2 Å². The number of likely N-dealkylation sites (N-methyl/N-ethyl adjacent to an activating group) is 1. The first-order valence-corrected chi connectivity index (χ1v) is 6.02. The third kappa shape index (κ3) is 4.75. The first kappa shape index (κ1) is 15.7. The van der Waals surface area contributed by atoms with E-state index in [1.807, 2.05) is 0 Å². The van der Waals surface area contributed by atoms with Crippen LogP contribution in [0.3, 0.4) is 0 Å². The molecule has 1 heterocycles. The van der Waals surface area contributed by atoms with Crippen molar-refractivity contribution in [2.24, 2.45) is 0 Å². The van der Waals surface area contributed by atoms with Crippen molar-refractivity contribution in [1.82, 2.24) is 15.1 Å². The summed E-state index contributed by atoms with van der Waals surface area (Å²) in [6.07, 6.45) is 0.738. The van der Waals surface area contributed by atoms with Crippen LogP contribution in [0.25, 0.3) is 0 Å². The zero-order valence-electron chi connectivity index (χ0n) is 11.0. The average Bonchev–Trinajstić information content (AvgIpc) is 2.32. The molecule has 0 bridgehead atoms. The van der Waals surface area contributed by atoms with Crippen molar-refractivity contribution in [3.8, 4) is 0 Å². The second-order valence-corrected chi connectivity index (χ2v) is 4.60. The zero-order chi connectivity index (χ0) is 15.3. The molecule has 0 spiro atoms. The zero-order valence-corrected chi connectivity index (χ0v) is 11.0. The Kier molecular flexibility index (Phi) is 5.30. The molecule has 1 aliphatic rings. The normalized spacial score (nSPS) is 18.6. The fourth-order valence-corrected chi connectivity index (χ4v) is 1.92. The first-order valence-electron chi connectivity index (χ1n) is 6.02. The number of nitrogens with zero attached hydrogens (tertiary/aromatic N) is 2. The largest absolute Gasteiger partial charge is 0.480 e. The van der Waals surface area contributed by atoms with Crippen LogP contribution in [-0.4, -0.2) is 76.6 Å². The Morgan fingerprint density at radius 3 is 2.30 bits per heavy atom.